The van der Waals surface area contributed by atoms with Gasteiger partial charge in [0.15, 0.2) is 5.13 Å². The Hall–Kier alpha value is -0.680. The first-order chi connectivity index (χ1) is 5.36. The van der Waals surface area contributed by atoms with Gasteiger partial charge in [-0.2, -0.15) is 0 Å². The zero-order valence-corrected chi connectivity index (χ0v) is 7.84. The minimum Gasteiger partial charge on any atom is -0.282 e. The predicted octanol–water partition coefficient (Wildman–Crippen LogP) is 2.09. The fourth-order valence-corrected chi connectivity index (χ4v) is 1.94. The predicted molar refractivity (Wildman–Crippen MR) is 46.9 cm³/mol. The molecule has 0 spiro atoms. The van der Waals surface area contributed by atoms with Crippen molar-refractivity contribution in [1.82, 2.24) is 14.5 Å². The van der Waals surface area contributed by atoms with E-state index in [1.54, 1.807) is 23.9 Å². The molecule has 3 nitrogen and oxygen atoms in total. The van der Waals surface area contributed by atoms with Crippen molar-refractivity contribution in [2.24, 2.45) is 0 Å². The molecule has 0 unspecified atom stereocenters. The van der Waals surface area contributed by atoms with Crippen LogP contribution in [0.1, 0.15) is 0 Å². The van der Waals surface area contributed by atoms with Crippen LogP contribution in [0.5, 0.6) is 0 Å². The molecule has 0 aliphatic rings. The highest BCUT2D eigenvalue weighted by Gasteiger charge is 1.99. The lowest BCUT2D eigenvalue weighted by atomic mass is 10.9. The highest BCUT2D eigenvalue weighted by Crippen LogP contribution is 2.17. The Labute approximate surface area is 75.9 Å². The second-order valence-electron chi connectivity index (χ2n) is 1.92. The Bertz CT molecular complexity index is 340. The third kappa shape index (κ3) is 1.34. The Morgan fingerprint density at radius 2 is 2.45 bits per heavy atom. The number of hydrogen-bond donors (Lipinski definition) is 0. The SMILES string of the molecule is Brc1csc(-n2ccnc2)n1. The molecule has 56 valence electrons. The summed E-state index contributed by atoms with van der Waals surface area (Å²) < 4.78 is 2.74. The molecule has 2 rings (SSSR count). The molecular weight excluding hydrogens is 226 g/mol. The fraction of sp³-hybridized carbons (Fsp3) is 0. The summed E-state index contributed by atoms with van der Waals surface area (Å²) in [5.74, 6) is 0. The Morgan fingerprint density at radius 3 is 3.00 bits per heavy atom. The molecular formula is C6H4BrN3S. The molecule has 0 amide bonds. The molecule has 2 aromatic rings. The minimum absolute atomic E-state index is 0.867. The summed E-state index contributed by atoms with van der Waals surface area (Å²) >= 11 is 4.86. The number of rotatable bonds is 1. The largest absolute Gasteiger partial charge is 0.282 e. The molecule has 0 saturated heterocycles. The summed E-state index contributed by atoms with van der Waals surface area (Å²) in [5.41, 5.74) is 0. The molecule has 2 aromatic heterocycles. The van der Waals surface area contributed by atoms with Crippen LogP contribution in [0, 0.1) is 0 Å². The van der Waals surface area contributed by atoms with Crippen molar-refractivity contribution in [3.05, 3.63) is 28.7 Å². The fourth-order valence-electron chi connectivity index (χ4n) is 0.736. The normalized spacial score (nSPS) is 10.3. The van der Waals surface area contributed by atoms with E-state index in [4.69, 9.17) is 0 Å². The summed E-state index contributed by atoms with van der Waals surface area (Å²) in [7, 11) is 0. The average Bonchev–Trinajstić information content (AvgIpc) is 2.55. The van der Waals surface area contributed by atoms with Crippen LogP contribution in [0.15, 0.2) is 28.7 Å². The van der Waals surface area contributed by atoms with Crippen LogP contribution in [0.4, 0.5) is 0 Å². The van der Waals surface area contributed by atoms with Gasteiger partial charge in [-0.1, -0.05) is 0 Å². The molecule has 0 radical (unpaired) electrons. The Balaban J connectivity index is 2.45. The molecule has 0 aromatic carbocycles. The first-order valence-corrected chi connectivity index (χ1v) is 4.63. The Morgan fingerprint density at radius 1 is 1.55 bits per heavy atom. The molecule has 5 heteroatoms. The molecule has 0 N–H and O–H groups in total. The molecule has 0 saturated carbocycles. The van der Waals surface area contributed by atoms with Gasteiger partial charge in [0.1, 0.15) is 10.9 Å². The van der Waals surface area contributed by atoms with E-state index in [1.807, 2.05) is 16.1 Å². The minimum atomic E-state index is 0.867. The quantitative estimate of drug-likeness (QED) is 0.750. The monoisotopic (exact) mass is 229 g/mol. The third-order valence-electron chi connectivity index (χ3n) is 1.19. The van der Waals surface area contributed by atoms with E-state index >= 15 is 0 Å². The van der Waals surface area contributed by atoms with Crippen LogP contribution in [-0.4, -0.2) is 14.5 Å². The number of imidazole rings is 1. The molecule has 0 aliphatic carbocycles. The maximum atomic E-state index is 4.21. The summed E-state index contributed by atoms with van der Waals surface area (Å²) in [6, 6.07) is 0. The maximum absolute atomic E-state index is 4.21. The number of thiazole rings is 1. The topological polar surface area (TPSA) is 30.7 Å². The van der Waals surface area contributed by atoms with Crippen molar-refractivity contribution in [3.63, 3.8) is 0 Å². The zero-order chi connectivity index (χ0) is 7.68. The van der Waals surface area contributed by atoms with Gasteiger partial charge < -0.3 is 0 Å². The van der Waals surface area contributed by atoms with Gasteiger partial charge in [-0.15, -0.1) is 11.3 Å². The summed E-state index contributed by atoms with van der Waals surface area (Å²) in [6.07, 6.45) is 5.33. The van der Waals surface area contributed by atoms with Crippen molar-refractivity contribution in [1.29, 1.82) is 0 Å². The van der Waals surface area contributed by atoms with E-state index in [1.165, 1.54) is 0 Å². The van der Waals surface area contributed by atoms with Crippen LogP contribution in [0.25, 0.3) is 5.13 Å². The van der Waals surface area contributed by atoms with Gasteiger partial charge in [0.05, 0.1) is 0 Å². The smallest absolute Gasteiger partial charge is 0.195 e. The number of aromatic nitrogens is 3. The van der Waals surface area contributed by atoms with Crippen molar-refractivity contribution >= 4 is 27.3 Å². The Kier molecular flexibility index (Phi) is 1.75. The maximum Gasteiger partial charge on any atom is 0.195 e. The molecule has 0 bridgehead atoms. The van der Waals surface area contributed by atoms with E-state index < -0.39 is 0 Å². The van der Waals surface area contributed by atoms with Crippen molar-refractivity contribution in [2.75, 3.05) is 0 Å². The average molecular weight is 230 g/mol. The van der Waals surface area contributed by atoms with Gasteiger partial charge in [-0.25, -0.2) is 9.97 Å². The van der Waals surface area contributed by atoms with Crippen LogP contribution in [-0.2, 0) is 0 Å². The van der Waals surface area contributed by atoms with Crippen molar-refractivity contribution in [2.45, 2.75) is 0 Å². The number of nitrogens with zero attached hydrogens (tertiary/aromatic N) is 3. The van der Waals surface area contributed by atoms with E-state index in [0.717, 1.165) is 9.73 Å². The summed E-state index contributed by atoms with van der Waals surface area (Å²) in [5, 5.41) is 2.87. The lowest BCUT2D eigenvalue weighted by molar-refractivity contribution is 1.03. The molecule has 2 heterocycles. The van der Waals surface area contributed by atoms with Crippen LogP contribution >= 0.6 is 27.3 Å². The summed E-state index contributed by atoms with van der Waals surface area (Å²) in [4.78, 5) is 8.13. The van der Waals surface area contributed by atoms with Crippen LogP contribution < -0.4 is 0 Å². The van der Waals surface area contributed by atoms with Gasteiger partial charge in [0.2, 0.25) is 0 Å². The van der Waals surface area contributed by atoms with Gasteiger partial charge in [0, 0.05) is 17.8 Å². The zero-order valence-electron chi connectivity index (χ0n) is 5.44. The van der Waals surface area contributed by atoms with E-state index in [9.17, 15) is 0 Å². The van der Waals surface area contributed by atoms with E-state index in [-0.39, 0.29) is 0 Å². The van der Waals surface area contributed by atoms with Crippen molar-refractivity contribution < 1.29 is 0 Å². The summed E-state index contributed by atoms with van der Waals surface area (Å²) in [6.45, 7) is 0. The standard InChI is InChI=1S/C6H4BrN3S/c7-5-3-11-6(9-5)10-2-1-8-4-10/h1-4H. The van der Waals surface area contributed by atoms with Crippen LogP contribution in [0.2, 0.25) is 0 Å². The van der Waals surface area contributed by atoms with Gasteiger partial charge in [0.25, 0.3) is 0 Å². The number of halogens is 1. The highest BCUT2D eigenvalue weighted by atomic mass is 79.9. The second kappa shape index (κ2) is 2.75. The van der Waals surface area contributed by atoms with Gasteiger partial charge >= 0.3 is 0 Å². The molecule has 11 heavy (non-hydrogen) atoms. The lowest BCUT2D eigenvalue weighted by Gasteiger charge is -1.90. The van der Waals surface area contributed by atoms with Crippen molar-refractivity contribution in [3.8, 4) is 5.13 Å². The van der Waals surface area contributed by atoms with E-state index in [2.05, 4.69) is 25.9 Å². The second-order valence-corrected chi connectivity index (χ2v) is 3.57. The lowest BCUT2D eigenvalue weighted by Crippen LogP contribution is -1.86. The first kappa shape index (κ1) is 7.00. The van der Waals surface area contributed by atoms with E-state index in [0.29, 0.717) is 0 Å². The first-order valence-electron chi connectivity index (χ1n) is 2.95. The van der Waals surface area contributed by atoms with Gasteiger partial charge in [-0.3, -0.25) is 4.57 Å². The van der Waals surface area contributed by atoms with Gasteiger partial charge in [-0.05, 0) is 15.9 Å². The third-order valence-corrected chi connectivity index (χ3v) is 2.75. The number of hydrogen-bond acceptors (Lipinski definition) is 3. The molecule has 0 fully saturated rings. The van der Waals surface area contributed by atoms with Crippen LogP contribution in [0.3, 0.4) is 0 Å². The molecule has 0 aliphatic heterocycles. The molecule has 0 atom stereocenters. The highest BCUT2D eigenvalue weighted by molar-refractivity contribution is 9.10.